The maximum atomic E-state index is 10.6. The van der Waals surface area contributed by atoms with Gasteiger partial charge < -0.3 is 21.3 Å². The number of carboxylic acids is 1. The lowest BCUT2D eigenvalue weighted by Crippen LogP contribution is -2.43. The number of aliphatic hydroxyl groups is 1. The average Bonchev–Trinajstić information content (AvgIpc) is 2.02. The Labute approximate surface area is 70.8 Å². The monoisotopic (exact) mass is 177 g/mol. The number of aliphatic carboxylic acids is 1. The van der Waals surface area contributed by atoms with E-state index in [1.807, 2.05) is 0 Å². The van der Waals surface area contributed by atoms with Gasteiger partial charge in [0, 0.05) is 7.89 Å². The van der Waals surface area contributed by atoms with Crippen molar-refractivity contribution >= 4 is 11.9 Å². The van der Waals surface area contributed by atoms with E-state index in [2.05, 4.69) is 5.32 Å². The van der Waals surface area contributed by atoms with E-state index in [-0.39, 0.29) is 0 Å². The molecule has 12 heavy (non-hydrogen) atoms. The quantitative estimate of drug-likeness (QED) is 0.371. The minimum absolute atomic E-state index is 0.495. The molecule has 1 amide bonds. The van der Waals surface area contributed by atoms with Crippen molar-refractivity contribution in [2.45, 2.75) is 12.5 Å². The van der Waals surface area contributed by atoms with Gasteiger partial charge in [0.15, 0.2) is 0 Å². The predicted molar refractivity (Wildman–Crippen MR) is 40.3 cm³/mol. The van der Waals surface area contributed by atoms with Crippen molar-refractivity contribution in [2.24, 2.45) is 5.73 Å². The maximum absolute atomic E-state index is 10.6. The number of hydrogen-bond acceptors (Lipinski definition) is 4. The Morgan fingerprint density at radius 2 is 2.25 bits per heavy atom. The number of nitrogens with one attached hydrogen (secondary N) is 1. The number of amides is 1. The van der Waals surface area contributed by atoms with Crippen molar-refractivity contribution in [3.8, 4) is 0 Å². The van der Waals surface area contributed by atoms with Gasteiger partial charge in [-0.25, -0.2) is 0 Å². The van der Waals surface area contributed by atoms with Gasteiger partial charge in [0.05, 0.1) is 19.1 Å². The summed E-state index contributed by atoms with van der Waals surface area (Å²) in [4.78, 5) is 20.8. The van der Waals surface area contributed by atoms with Crippen LogP contribution in [0.5, 0.6) is 0 Å². The lowest BCUT2D eigenvalue weighted by Gasteiger charge is -2.11. The second-order valence-electron chi connectivity index (χ2n) is 2.11. The molecule has 0 rings (SSSR count). The maximum Gasteiger partial charge on any atom is 0.305 e. The van der Waals surface area contributed by atoms with Gasteiger partial charge in [-0.05, 0) is 0 Å². The van der Waals surface area contributed by atoms with Crippen molar-refractivity contribution in [2.75, 3.05) is 13.1 Å². The van der Waals surface area contributed by atoms with Gasteiger partial charge in [0.25, 0.3) is 0 Å². The minimum atomic E-state index is -1.19. The van der Waals surface area contributed by atoms with Gasteiger partial charge >= 0.3 is 5.97 Å². The fourth-order valence-electron chi connectivity index (χ4n) is 0.611. The van der Waals surface area contributed by atoms with Gasteiger partial charge in [0.2, 0.25) is 5.91 Å². The third-order valence-corrected chi connectivity index (χ3v) is 1.13. The third kappa shape index (κ3) is 4.64. The fraction of sp³-hybridized carbons (Fsp3) is 0.667. The molecular weight excluding hydrogens is 164 g/mol. The Morgan fingerprint density at radius 1 is 1.67 bits per heavy atom. The molecule has 5 N–H and O–H groups in total. The smallest absolute Gasteiger partial charge is 0.305 e. The third-order valence-electron chi connectivity index (χ3n) is 1.13. The van der Waals surface area contributed by atoms with Crippen LogP contribution in [0.1, 0.15) is 7.79 Å². The van der Waals surface area contributed by atoms with Crippen LogP contribution in [0.4, 0.5) is 0 Å². The molecule has 0 saturated heterocycles. The summed E-state index contributed by atoms with van der Waals surface area (Å²) in [5.74, 6) is -2.05. The highest BCUT2D eigenvalue weighted by molar-refractivity contribution is 5.84. The first-order valence-electron chi connectivity index (χ1n) is 3.85. The first-order chi connectivity index (χ1) is 5.97. The molecule has 0 saturated carbocycles. The molecule has 0 aromatic heterocycles. The van der Waals surface area contributed by atoms with Crippen LogP contribution in [0, 0.1) is 0 Å². The molecule has 0 aliphatic rings. The molecule has 0 bridgehead atoms. The second kappa shape index (κ2) is 5.50. The van der Waals surface area contributed by atoms with E-state index in [0.29, 0.717) is 0 Å². The van der Waals surface area contributed by atoms with Crippen LogP contribution < -0.4 is 11.1 Å². The summed E-state index contributed by atoms with van der Waals surface area (Å²) in [5.41, 5.74) is 4.86. The lowest BCUT2D eigenvalue weighted by molar-refractivity contribution is -0.139. The number of hydrogen-bond donors (Lipinski definition) is 4. The highest BCUT2D eigenvalue weighted by Crippen LogP contribution is 1.89. The van der Waals surface area contributed by atoms with E-state index in [1.165, 1.54) is 0 Å². The van der Waals surface area contributed by atoms with Crippen LogP contribution in [-0.4, -0.2) is 41.3 Å². The van der Waals surface area contributed by atoms with E-state index < -0.39 is 37.5 Å². The predicted octanol–water partition coefficient (Wildman–Crippen LogP) is -2.10. The van der Waals surface area contributed by atoms with Crippen molar-refractivity contribution in [3.63, 3.8) is 0 Å². The molecular formula is C6H12N2O4. The number of carboxylic acid groups (broad SMARTS) is 1. The van der Waals surface area contributed by atoms with Crippen molar-refractivity contribution < 1.29 is 21.2 Å². The molecule has 1 unspecified atom stereocenters. The number of aliphatic hydroxyl groups excluding tert-OH is 1. The molecule has 6 nitrogen and oxygen atoms in total. The molecule has 0 spiro atoms. The van der Waals surface area contributed by atoms with E-state index >= 15 is 0 Å². The fourth-order valence-corrected chi connectivity index (χ4v) is 0.611. The molecule has 6 heteroatoms. The highest BCUT2D eigenvalue weighted by atomic mass is 16.4. The van der Waals surface area contributed by atoms with Crippen LogP contribution in [0.25, 0.3) is 0 Å². The Morgan fingerprint density at radius 3 is 2.58 bits per heavy atom. The van der Waals surface area contributed by atoms with E-state index in [4.69, 9.17) is 17.3 Å². The Bertz CT molecular complexity index is 199. The molecule has 70 valence electrons. The van der Waals surface area contributed by atoms with Gasteiger partial charge in [-0.15, -0.1) is 0 Å². The Kier molecular flexibility index (Phi) is 4.11. The summed E-state index contributed by atoms with van der Waals surface area (Å²) < 4.78 is 7.03. The topological polar surface area (TPSA) is 113 Å². The first kappa shape index (κ1) is 8.95. The standard InChI is InChI=1S/C6H12N2O4/c7-6(12)4(3-5(10)11)8-1-2-9/h4,8-9H,1-3H2,(H2,7,12)(H,10,11)/t4-/m0/s1/i1D/t1?,4-. The molecule has 0 fully saturated rings. The summed E-state index contributed by atoms with van der Waals surface area (Å²) >= 11 is 0. The van der Waals surface area contributed by atoms with Crippen LogP contribution in [0.15, 0.2) is 0 Å². The van der Waals surface area contributed by atoms with Crippen LogP contribution in [0.2, 0.25) is 0 Å². The lowest BCUT2D eigenvalue weighted by atomic mass is 10.2. The normalized spacial score (nSPS) is 16.2. The summed E-state index contributed by atoms with van der Waals surface area (Å²) in [5, 5.41) is 19.1. The second-order valence-corrected chi connectivity index (χ2v) is 2.11. The van der Waals surface area contributed by atoms with Gasteiger partial charge in [-0.1, -0.05) is 0 Å². The van der Waals surface area contributed by atoms with Gasteiger partial charge in [-0.3, -0.25) is 9.59 Å². The van der Waals surface area contributed by atoms with Crippen LogP contribution >= 0.6 is 0 Å². The summed E-state index contributed by atoms with van der Waals surface area (Å²) in [7, 11) is 0. The number of carbonyl (C=O) groups is 2. The minimum Gasteiger partial charge on any atom is -0.481 e. The van der Waals surface area contributed by atoms with Crippen molar-refractivity contribution in [1.29, 1.82) is 0 Å². The molecule has 0 radical (unpaired) electrons. The molecule has 0 heterocycles. The SMILES string of the molecule is [2H]C(CO)N[C@@H](CC(=O)O)C(N)=O. The van der Waals surface area contributed by atoms with Gasteiger partial charge in [-0.2, -0.15) is 0 Å². The molecule has 0 aromatic rings. The van der Waals surface area contributed by atoms with Crippen LogP contribution in [0.3, 0.4) is 0 Å². The zero-order valence-electron chi connectivity index (χ0n) is 7.36. The highest BCUT2D eigenvalue weighted by Gasteiger charge is 2.17. The molecule has 0 aromatic carbocycles. The number of nitrogens with two attached hydrogens (primary N) is 1. The first-order valence-corrected chi connectivity index (χ1v) is 3.27. The number of primary amides is 1. The van der Waals surface area contributed by atoms with E-state index in [9.17, 15) is 9.59 Å². The zero-order valence-corrected chi connectivity index (χ0v) is 6.36. The summed E-state index contributed by atoms with van der Waals surface area (Å²) in [6.45, 7) is -1.61. The van der Waals surface area contributed by atoms with Crippen molar-refractivity contribution in [1.82, 2.24) is 5.32 Å². The molecule has 2 atom stereocenters. The summed E-state index contributed by atoms with van der Waals surface area (Å²) in [6, 6.07) is -1.12. The molecule has 0 aliphatic heterocycles. The Hall–Kier alpha value is -1.14. The Balaban J connectivity index is 4.10. The number of rotatable bonds is 6. The van der Waals surface area contributed by atoms with Gasteiger partial charge in [0.1, 0.15) is 0 Å². The van der Waals surface area contributed by atoms with Crippen molar-refractivity contribution in [3.05, 3.63) is 0 Å². The van der Waals surface area contributed by atoms with E-state index in [0.717, 1.165) is 0 Å². The average molecular weight is 177 g/mol. The molecule has 0 aliphatic carbocycles. The zero-order chi connectivity index (χ0) is 10.4. The largest absolute Gasteiger partial charge is 0.481 e. The number of carbonyl (C=O) groups excluding carboxylic acids is 1. The summed E-state index contributed by atoms with van der Waals surface area (Å²) in [6.07, 6.45) is -0.495. The van der Waals surface area contributed by atoms with E-state index in [1.54, 1.807) is 0 Å². The van der Waals surface area contributed by atoms with Crippen LogP contribution in [-0.2, 0) is 9.59 Å².